The van der Waals surface area contributed by atoms with Gasteiger partial charge in [-0.15, -0.1) is 0 Å². The Balaban J connectivity index is 1.53. The van der Waals surface area contributed by atoms with Crippen LogP contribution in [0.25, 0.3) is 0 Å². The summed E-state index contributed by atoms with van der Waals surface area (Å²) in [6, 6.07) is 11.1. The first-order valence-electron chi connectivity index (χ1n) is 7.61. The summed E-state index contributed by atoms with van der Waals surface area (Å²) in [5.41, 5.74) is 1.94. The second-order valence-electron chi connectivity index (χ2n) is 5.72. The molecule has 5 heteroatoms. The Kier molecular flexibility index (Phi) is 4.37. The number of nitrogens with one attached hydrogen (secondary N) is 1. The van der Waals surface area contributed by atoms with Crippen LogP contribution in [0.4, 0.5) is 5.82 Å². The molecule has 0 saturated heterocycles. The van der Waals surface area contributed by atoms with Crippen LogP contribution in [0, 0.1) is 6.92 Å². The average molecular weight is 310 g/mol. The van der Waals surface area contributed by atoms with Gasteiger partial charge < -0.3 is 10.1 Å². The average Bonchev–Trinajstić information content (AvgIpc) is 3.37. The third kappa shape index (κ3) is 4.16. The van der Waals surface area contributed by atoms with Crippen molar-refractivity contribution < 1.29 is 14.3 Å². The number of pyridine rings is 1. The number of carbonyl (C=O) groups excluding carboxylic acids is 2. The summed E-state index contributed by atoms with van der Waals surface area (Å²) in [5, 5.41) is 3.24. The molecular weight excluding hydrogens is 292 g/mol. The van der Waals surface area contributed by atoms with Crippen molar-refractivity contribution in [2.24, 2.45) is 0 Å². The van der Waals surface area contributed by atoms with Gasteiger partial charge in [0.1, 0.15) is 5.82 Å². The van der Waals surface area contributed by atoms with Crippen LogP contribution in [0.3, 0.4) is 0 Å². The lowest BCUT2D eigenvalue weighted by Crippen LogP contribution is -2.14. The van der Waals surface area contributed by atoms with Crippen molar-refractivity contribution in [2.75, 3.05) is 11.9 Å². The highest BCUT2D eigenvalue weighted by Crippen LogP contribution is 2.23. The van der Waals surface area contributed by atoms with Gasteiger partial charge >= 0.3 is 5.97 Å². The number of rotatable bonds is 6. The van der Waals surface area contributed by atoms with Gasteiger partial charge in [0.25, 0.3) is 0 Å². The third-order valence-electron chi connectivity index (χ3n) is 3.64. The fourth-order valence-electron chi connectivity index (χ4n) is 2.07. The number of esters is 1. The second kappa shape index (κ2) is 6.60. The number of ketones is 1. The first-order valence-corrected chi connectivity index (χ1v) is 7.61. The third-order valence-corrected chi connectivity index (χ3v) is 3.64. The number of hydrogen-bond acceptors (Lipinski definition) is 5. The zero-order valence-corrected chi connectivity index (χ0v) is 12.9. The maximum absolute atomic E-state index is 12.0. The number of anilines is 1. The number of carbonyl (C=O) groups is 2. The summed E-state index contributed by atoms with van der Waals surface area (Å²) in [7, 11) is 0. The molecule has 0 amide bonds. The number of aryl methyl sites for hydroxylation is 1. The molecule has 0 radical (unpaired) electrons. The molecule has 0 atom stereocenters. The molecule has 1 saturated carbocycles. The van der Waals surface area contributed by atoms with Crippen LogP contribution in [0.2, 0.25) is 0 Å². The predicted octanol–water partition coefficient (Wildman–Crippen LogP) is 3.00. The van der Waals surface area contributed by atoms with Gasteiger partial charge in [-0.2, -0.15) is 0 Å². The molecule has 0 unspecified atom stereocenters. The van der Waals surface area contributed by atoms with E-state index >= 15 is 0 Å². The second-order valence-corrected chi connectivity index (χ2v) is 5.72. The summed E-state index contributed by atoms with van der Waals surface area (Å²) in [6.45, 7) is 1.67. The van der Waals surface area contributed by atoms with Crippen LogP contribution < -0.4 is 5.32 Å². The van der Waals surface area contributed by atoms with Crippen molar-refractivity contribution in [1.82, 2.24) is 4.98 Å². The summed E-state index contributed by atoms with van der Waals surface area (Å²) >= 11 is 0. The van der Waals surface area contributed by atoms with E-state index in [2.05, 4.69) is 10.3 Å². The maximum Gasteiger partial charge on any atom is 0.340 e. The normalized spacial score (nSPS) is 13.4. The maximum atomic E-state index is 12.0. The molecule has 118 valence electrons. The number of benzene rings is 1. The van der Waals surface area contributed by atoms with Gasteiger partial charge in [-0.3, -0.25) is 4.79 Å². The van der Waals surface area contributed by atoms with Crippen molar-refractivity contribution in [3.05, 3.63) is 59.3 Å². The monoisotopic (exact) mass is 310 g/mol. The number of nitrogens with zero attached hydrogens (tertiary/aromatic N) is 1. The highest BCUT2D eigenvalue weighted by atomic mass is 16.5. The zero-order chi connectivity index (χ0) is 16.2. The highest BCUT2D eigenvalue weighted by molar-refractivity contribution is 5.99. The van der Waals surface area contributed by atoms with E-state index in [0.717, 1.165) is 24.2 Å². The molecule has 1 heterocycles. The van der Waals surface area contributed by atoms with Gasteiger partial charge in [0.15, 0.2) is 12.4 Å². The lowest BCUT2D eigenvalue weighted by atomic mass is 10.1. The lowest BCUT2D eigenvalue weighted by Gasteiger charge is -2.06. The Morgan fingerprint density at radius 1 is 1.13 bits per heavy atom. The van der Waals surface area contributed by atoms with Gasteiger partial charge in [0, 0.05) is 17.8 Å². The summed E-state index contributed by atoms with van der Waals surface area (Å²) < 4.78 is 5.06. The van der Waals surface area contributed by atoms with E-state index in [1.807, 2.05) is 19.1 Å². The summed E-state index contributed by atoms with van der Waals surface area (Å²) in [4.78, 5) is 28.1. The first kappa shape index (κ1) is 15.2. The van der Waals surface area contributed by atoms with Crippen LogP contribution in [0.15, 0.2) is 42.6 Å². The van der Waals surface area contributed by atoms with E-state index in [9.17, 15) is 9.59 Å². The molecule has 1 fully saturated rings. The van der Waals surface area contributed by atoms with E-state index in [1.54, 1.807) is 24.3 Å². The Morgan fingerprint density at radius 3 is 2.43 bits per heavy atom. The van der Waals surface area contributed by atoms with Crippen LogP contribution in [-0.4, -0.2) is 29.4 Å². The largest absolute Gasteiger partial charge is 0.454 e. The molecule has 1 aromatic carbocycles. The van der Waals surface area contributed by atoms with Crippen LogP contribution in [0.5, 0.6) is 0 Å². The van der Waals surface area contributed by atoms with Gasteiger partial charge in [-0.1, -0.05) is 29.8 Å². The smallest absolute Gasteiger partial charge is 0.340 e. The fourth-order valence-corrected chi connectivity index (χ4v) is 2.07. The van der Waals surface area contributed by atoms with Crippen molar-refractivity contribution in [3.8, 4) is 0 Å². The van der Waals surface area contributed by atoms with Gasteiger partial charge in [0.05, 0.1) is 5.56 Å². The standard InChI is InChI=1S/C18H18N2O3/c1-12-2-4-13(5-3-12)16(21)11-23-18(22)14-6-9-17(19-10-14)20-15-7-8-15/h2-6,9-10,15H,7-8,11H2,1H3,(H,19,20). The Hall–Kier alpha value is -2.69. The topological polar surface area (TPSA) is 68.3 Å². The molecule has 0 spiro atoms. The molecule has 1 N–H and O–H groups in total. The molecule has 23 heavy (non-hydrogen) atoms. The molecule has 1 aromatic heterocycles. The highest BCUT2D eigenvalue weighted by Gasteiger charge is 2.21. The van der Waals surface area contributed by atoms with E-state index in [0.29, 0.717) is 17.2 Å². The Bertz CT molecular complexity index is 704. The van der Waals surface area contributed by atoms with Gasteiger partial charge in [0.2, 0.25) is 0 Å². The Morgan fingerprint density at radius 2 is 1.83 bits per heavy atom. The first-order chi connectivity index (χ1) is 11.1. The molecule has 1 aliphatic rings. The molecule has 0 aliphatic heterocycles. The van der Waals surface area contributed by atoms with Crippen LogP contribution in [0.1, 0.15) is 39.1 Å². The van der Waals surface area contributed by atoms with Crippen LogP contribution in [-0.2, 0) is 4.74 Å². The number of hydrogen-bond donors (Lipinski definition) is 1. The van der Waals surface area contributed by atoms with E-state index in [4.69, 9.17) is 4.74 Å². The minimum Gasteiger partial charge on any atom is -0.454 e. The zero-order valence-electron chi connectivity index (χ0n) is 12.9. The van der Waals surface area contributed by atoms with E-state index in [-0.39, 0.29) is 12.4 Å². The molecule has 1 aliphatic carbocycles. The minimum atomic E-state index is -0.545. The summed E-state index contributed by atoms with van der Waals surface area (Å²) in [5.74, 6) is -0.0194. The number of ether oxygens (including phenoxy) is 1. The van der Waals surface area contributed by atoms with Gasteiger partial charge in [-0.25, -0.2) is 9.78 Å². The fraction of sp³-hybridized carbons (Fsp3) is 0.278. The van der Waals surface area contributed by atoms with Gasteiger partial charge in [-0.05, 0) is 31.9 Å². The van der Waals surface area contributed by atoms with E-state index < -0.39 is 5.97 Å². The lowest BCUT2D eigenvalue weighted by molar-refractivity contribution is 0.0474. The minimum absolute atomic E-state index is 0.224. The molecule has 0 bridgehead atoms. The van der Waals surface area contributed by atoms with Crippen molar-refractivity contribution in [2.45, 2.75) is 25.8 Å². The SMILES string of the molecule is Cc1ccc(C(=O)COC(=O)c2ccc(NC3CC3)nc2)cc1. The van der Waals surface area contributed by atoms with Crippen molar-refractivity contribution in [3.63, 3.8) is 0 Å². The van der Waals surface area contributed by atoms with E-state index in [1.165, 1.54) is 6.20 Å². The van der Waals surface area contributed by atoms with Crippen LogP contribution >= 0.6 is 0 Å². The summed E-state index contributed by atoms with van der Waals surface area (Å²) in [6.07, 6.45) is 3.78. The quantitative estimate of drug-likeness (QED) is 0.656. The predicted molar refractivity (Wildman–Crippen MR) is 86.7 cm³/mol. The number of Topliss-reactive ketones (excluding diaryl/α,β-unsaturated/α-hetero) is 1. The molecule has 2 aromatic rings. The molecular formula is C18H18N2O3. The van der Waals surface area contributed by atoms with Crippen molar-refractivity contribution >= 4 is 17.6 Å². The van der Waals surface area contributed by atoms with Crippen molar-refractivity contribution in [1.29, 1.82) is 0 Å². The molecule has 5 nitrogen and oxygen atoms in total. The Labute approximate surface area is 134 Å². The number of aromatic nitrogens is 1. The molecule has 3 rings (SSSR count).